The quantitative estimate of drug-likeness (QED) is 0.921. The van der Waals surface area contributed by atoms with Crippen molar-refractivity contribution in [3.8, 4) is 11.5 Å². The first-order valence-electron chi connectivity index (χ1n) is 7.17. The molecule has 2 unspecified atom stereocenters. The van der Waals surface area contributed by atoms with E-state index >= 15 is 0 Å². The van der Waals surface area contributed by atoms with Crippen molar-refractivity contribution in [1.82, 2.24) is 15.1 Å². The SMILES string of the molecule is CC1CC(N)CN(Cc2nnc(-c3ccccc3Br)o2)C1. The third kappa shape index (κ3) is 3.51. The Hall–Kier alpha value is -1.24. The van der Waals surface area contributed by atoms with Gasteiger partial charge in [0, 0.05) is 23.6 Å². The highest BCUT2D eigenvalue weighted by Crippen LogP contribution is 2.27. The maximum absolute atomic E-state index is 6.07. The Morgan fingerprint density at radius 1 is 1.33 bits per heavy atom. The highest BCUT2D eigenvalue weighted by Gasteiger charge is 2.23. The Morgan fingerprint density at radius 2 is 2.14 bits per heavy atom. The van der Waals surface area contributed by atoms with Gasteiger partial charge in [0.25, 0.3) is 0 Å². The van der Waals surface area contributed by atoms with Crippen LogP contribution in [-0.4, -0.2) is 34.2 Å². The molecular formula is C15H19BrN4O. The average Bonchev–Trinajstić information content (AvgIpc) is 2.86. The summed E-state index contributed by atoms with van der Waals surface area (Å²) in [6.07, 6.45) is 1.09. The standard InChI is InChI=1S/C15H19BrN4O/c1-10-6-11(17)8-20(7-10)9-14-18-19-15(21-14)12-4-2-3-5-13(12)16/h2-5,10-11H,6-9,17H2,1H3. The Balaban J connectivity index is 1.72. The third-order valence-electron chi connectivity index (χ3n) is 3.70. The molecule has 112 valence electrons. The summed E-state index contributed by atoms with van der Waals surface area (Å²) in [7, 11) is 0. The molecule has 1 saturated heterocycles. The molecule has 1 aliphatic rings. The van der Waals surface area contributed by atoms with Gasteiger partial charge in [-0.3, -0.25) is 4.90 Å². The predicted molar refractivity (Wildman–Crippen MR) is 84.5 cm³/mol. The van der Waals surface area contributed by atoms with Gasteiger partial charge in [-0.15, -0.1) is 10.2 Å². The summed E-state index contributed by atoms with van der Waals surface area (Å²) in [5.41, 5.74) is 6.99. The number of piperidine rings is 1. The smallest absolute Gasteiger partial charge is 0.248 e. The van der Waals surface area contributed by atoms with E-state index in [2.05, 4.69) is 38.0 Å². The summed E-state index contributed by atoms with van der Waals surface area (Å²) >= 11 is 3.50. The van der Waals surface area contributed by atoms with Gasteiger partial charge in [0.2, 0.25) is 11.8 Å². The molecule has 21 heavy (non-hydrogen) atoms. The van der Waals surface area contributed by atoms with E-state index < -0.39 is 0 Å². The summed E-state index contributed by atoms with van der Waals surface area (Å²) in [6, 6.07) is 8.07. The average molecular weight is 351 g/mol. The van der Waals surface area contributed by atoms with Crippen molar-refractivity contribution in [3.63, 3.8) is 0 Å². The molecule has 2 aromatic rings. The van der Waals surface area contributed by atoms with Crippen LogP contribution in [-0.2, 0) is 6.54 Å². The predicted octanol–water partition coefficient (Wildman–Crippen LogP) is 2.67. The Labute approximate surface area is 132 Å². The number of benzene rings is 1. The molecule has 5 nitrogen and oxygen atoms in total. The van der Waals surface area contributed by atoms with Crippen LogP contribution in [0.3, 0.4) is 0 Å². The van der Waals surface area contributed by atoms with Crippen molar-refractivity contribution < 1.29 is 4.42 Å². The number of hydrogen-bond acceptors (Lipinski definition) is 5. The number of rotatable bonds is 3. The zero-order chi connectivity index (χ0) is 14.8. The summed E-state index contributed by atoms with van der Waals surface area (Å²) in [5.74, 6) is 1.80. The molecule has 0 bridgehead atoms. The number of likely N-dealkylation sites (tertiary alicyclic amines) is 1. The topological polar surface area (TPSA) is 68.2 Å². The van der Waals surface area contributed by atoms with E-state index in [1.54, 1.807) is 0 Å². The molecular weight excluding hydrogens is 332 g/mol. The maximum Gasteiger partial charge on any atom is 0.248 e. The molecule has 0 aliphatic carbocycles. The van der Waals surface area contributed by atoms with Crippen molar-refractivity contribution in [3.05, 3.63) is 34.6 Å². The molecule has 1 aromatic carbocycles. The molecule has 0 spiro atoms. The first-order chi connectivity index (χ1) is 10.1. The van der Waals surface area contributed by atoms with Crippen molar-refractivity contribution >= 4 is 15.9 Å². The van der Waals surface area contributed by atoms with E-state index in [9.17, 15) is 0 Å². The minimum atomic E-state index is 0.236. The van der Waals surface area contributed by atoms with Gasteiger partial charge in [-0.05, 0) is 40.4 Å². The van der Waals surface area contributed by atoms with Gasteiger partial charge < -0.3 is 10.2 Å². The van der Waals surface area contributed by atoms with Gasteiger partial charge in [0.15, 0.2) is 0 Å². The fraction of sp³-hybridized carbons (Fsp3) is 0.467. The molecule has 2 atom stereocenters. The number of nitrogens with zero attached hydrogens (tertiary/aromatic N) is 3. The second-order valence-corrected chi connectivity index (χ2v) is 6.63. The lowest BCUT2D eigenvalue weighted by atomic mass is 9.97. The summed E-state index contributed by atoms with van der Waals surface area (Å²) < 4.78 is 6.74. The highest BCUT2D eigenvalue weighted by molar-refractivity contribution is 9.10. The minimum Gasteiger partial charge on any atom is -0.419 e. The maximum atomic E-state index is 6.07. The molecule has 0 saturated carbocycles. The summed E-state index contributed by atoms with van der Waals surface area (Å²) in [5, 5.41) is 8.30. The van der Waals surface area contributed by atoms with Crippen LogP contribution in [0.15, 0.2) is 33.2 Å². The molecule has 2 N–H and O–H groups in total. The Morgan fingerprint density at radius 3 is 2.90 bits per heavy atom. The normalized spacial score (nSPS) is 23.4. The van der Waals surface area contributed by atoms with Gasteiger partial charge in [-0.2, -0.15) is 0 Å². The fourth-order valence-electron chi connectivity index (χ4n) is 2.89. The second-order valence-electron chi connectivity index (χ2n) is 5.78. The first kappa shape index (κ1) is 14.7. The lowest BCUT2D eigenvalue weighted by molar-refractivity contribution is 0.146. The first-order valence-corrected chi connectivity index (χ1v) is 7.96. The molecule has 3 rings (SSSR count). The van der Waals surface area contributed by atoms with Gasteiger partial charge in [0.05, 0.1) is 12.1 Å². The largest absolute Gasteiger partial charge is 0.419 e. The van der Waals surface area contributed by atoms with E-state index in [1.165, 1.54) is 0 Å². The zero-order valence-electron chi connectivity index (χ0n) is 12.0. The van der Waals surface area contributed by atoms with Crippen LogP contribution in [0, 0.1) is 5.92 Å². The second kappa shape index (κ2) is 6.25. The van der Waals surface area contributed by atoms with Crippen molar-refractivity contribution in [2.45, 2.75) is 25.9 Å². The molecule has 0 radical (unpaired) electrons. The van der Waals surface area contributed by atoms with E-state index in [0.717, 1.165) is 29.5 Å². The fourth-order valence-corrected chi connectivity index (χ4v) is 3.35. The van der Waals surface area contributed by atoms with Gasteiger partial charge in [-0.1, -0.05) is 19.1 Å². The van der Waals surface area contributed by atoms with E-state index in [1.807, 2.05) is 24.3 Å². The molecule has 1 fully saturated rings. The van der Waals surface area contributed by atoms with Crippen LogP contribution in [0.2, 0.25) is 0 Å². The lowest BCUT2D eigenvalue weighted by Gasteiger charge is -2.33. The van der Waals surface area contributed by atoms with Crippen molar-refractivity contribution in [2.75, 3.05) is 13.1 Å². The number of halogens is 1. The van der Waals surface area contributed by atoms with Crippen molar-refractivity contribution in [2.24, 2.45) is 11.7 Å². The minimum absolute atomic E-state index is 0.236. The van der Waals surface area contributed by atoms with Gasteiger partial charge in [0.1, 0.15) is 0 Å². The third-order valence-corrected chi connectivity index (χ3v) is 4.39. The Bertz CT molecular complexity index is 605. The van der Waals surface area contributed by atoms with Crippen LogP contribution in [0.1, 0.15) is 19.2 Å². The molecule has 1 aliphatic heterocycles. The van der Waals surface area contributed by atoms with E-state index in [4.69, 9.17) is 10.2 Å². The summed E-state index contributed by atoms with van der Waals surface area (Å²) in [6.45, 7) is 4.80. The monoisotopic (exact) mass is 350 g/mol. The van der Waals surface area contributed by atoms with Gasteiger partial charge in [-0.25, -0.2) is 0 Å². The summed E-state index contributed by atoms with van der Waals surface area (Å²) in [4.78, 5) is 2.29. The lowest BCUT2D eigenvalue weighted by Crippen LogP contribution is -2.45. The van der Waals surface area contributed by atoms with Crippen molar-refractivity contribution in [1.29, 1.82) is 0 Å². The molecule has 0 amide bonds. The van der Waals surface area contributed by atoms with Crippen LogP contribution in [0.5, 0.6) is 0 Å². The number of nitrogens with two attached hydrogens (primary N) is 1. The van der Waals surface area contributed by atoms with E-state index in [-0.39, 0.29) is 6.04 Å². The van der Waals surface area contributed by atoms with Crippen LogP contribution in [0.4, 0.5) is 0 Å². The van der Waals surface area contributed by atoms with Crippen LogP contribution in [0.25, 0.3) is 11.5 Å². The zero-order valence-corrected chi connectivity index (χ0v) is 13.6. The molecule has 6 heteroatoms. The molecule has 2 heterocycles. The van der Waals surface area contributed by atoms with Crippen LogP contribution < -0.4 is 5.73 Å². The van der Waals surface area contributed by atoms with Crippen LogP contribution >= 0.6 is 15.9 Å². The van der Waals surface area contributed by atoms with E-state index in [0.29, 0.717) is 24.2 Å². The highest BCUT2D eigenvalue weighted by atomic mass is 79.9. The number of aromatic nitrogens is 2. The number of hydrogen-bond donors (Lipinski definition) is 1. The molecule has 1 aromatic heterocycles. The van der Waals surface area contributed by atoms with Gasteiger partial charge >= 0.3 is 0 Å². The Kier molecular flexibility index (Phi) is 4.37.